The lowest BCUT2D eigenvalue weighted by atomic mass is 9.82. The number of halogens is 2. The molecule has 5 heteroatoms. The Kier molecular flexibility index (Phi) is 6.11. The molecule has 3 aromatic rings. The summed E-state index contributed by atoms with van der Waals surface area (Å²) in [6, 6.07) is 18.5. The van der Waals surface area contributed by atoms with Gasteiger partial charge >= 0.3 is 0 Å². The van der Waals surface area contributed by atoms with Crippen LogP contribution in [0.4, 0.5) is 4.39 Å². The van der Waals surface area contributed by atoms with Gasteiger partial charge in [-0.3, -0.25) is 0 Å². The summed E-state index contributed by atoms with van der Waals surface area (Å²) in [6.07, 6.45) is 0.457. The summed E-state index contributed by atoms with van der Waals surface area (Å²) in [4.78, 5) is 15.4. The number of aryl methyl sites for hydroxylation is 2. The summed E-state index contributed by atoms with van der Waals surface area (Å²) < 4.78 is 14.7. The Hall–Kier alpha value is -2.40. The molecule has 0 aliphatic carbocycles. The van der Waals surface area contributed by atoms with Crippen LogP contribution in [0.25, 0.3) is 0 Å². The molecule has 2 unspecified atom stereocenters. The molecule has 2 aromatic carbocycles. The summed E-state index contributed by atoms with van der Waals surface area (Å²) in [5.74, 6) is -0.617. The van der Waals surface area contributed by atoms with Gasteiger partial charge in [0.1, 0.15) is 6.04 Å². The molecule has 0 N–H and O–H groups in total. The number of hydrogen-bond donors (Lipinski definition) is 0. The summed E-state index contributed by atoms with van der Waals surface area (Å²) in [5.41, 5.74) is 4.47. The third-order valence-corrected chi connectivity index (χ3v) is 5.28. The number of nitroso groups, excluding NO2 is 1. The lowest BCUT2D eigenvalue weighted by molar-refractivity contribution is 0.557. The molecule has 0 bridgehead atoms. The number of rotatable bonds is 6. The second-order valence-electron chi connectivity index (χ2n) is 6.68. The predicted molar refractivity (Wildman–Crippen MR) is 109 cm³/mol. The summed E-state index contributed by atoms with van der Waals surface area (Å²) in [7, 11) is 0. The van der Waals surface area contributed by atoms with E-state index >= 15 is 0 Å². The van der Waals surface area contributed by atoms with E-state index < -0.39 is 12.0 Å². The first-order valence-corrected chi connectivity index (χ1v) is 9.54. The molecule has 0 amide bonds. The zero-order valence-corrected chi connectivity index (χ0v) is 16.8. The SMILES string of the molecule is Cc1cc(C(CC(c2ccc(Br)cc2)c2ccccc2C)N=O)cc(F)n1. The highest BCUT2D eigenvalue weighted by Crippen LogP contribution is 2.37. The van der Waals surface area contributed by atoms with Crippen LogP contribution in [0.5, 0.6) is 0 Å². The van der Waals surface area contributed by atoms with E-state index in [4.69, 9.17) is 0 Å². The van der Waals surface area contributed by atoms with Crippen LogP contribution in [0.2, 0.25) is 0 Å². The molecule has 2 atom stereocenters. The Morgan fingerprint density at radius 3 is 2.37 bits per heavy atom. The normalized spacial score (nSPS) is 13.2. The van der Waals surface area contributed by atoms with Gasteiger partial charge in [-0.05, 0) is 66.8 Å². The molecule has 1 aromatic heterocycles. The third kappa shape index (κ3) is 4.66. The highest BCUT2D eigenvalue weighted by Gasteiger charge is 2.24. The van der Waals surface area contributed by atoms with Crippen LogP contribution in [0.1, 0.15) is 46.3 Å². The van der Waals surface area contributed by atoms with Crippen molar-refractivity contribution >= 4 is 15.9 Å². The molecule has 0 saturated heterocycles. The fourth-order valence-electron chi connectivity index (χ4n) is 3.42. The Morgan fingerprint density at radius 1 is 1.04 bits per heavy atom. The fraction of sp³-hybridized carbons (Fsp3) is 0.227. The monoisotopic (exact) mass is 426 g/mol. The zero-order valence-electron chi connectivity index (χ0n) is 15.2. The maximum atomic E-state index is 13.8. The smallest absolute Gasteiger partial charge is 0.213 e. The lowest BCUT2D eigenvalue weighted by Gasteiger charge is -2.23. The first-order valence-electron chi connectivity index (χ1n) is 8.75. The molecule has 138 valence electrons. The maximum absolute atomic E-state index is 13.8. The maximum Gasteiger partial charge on any atom is 0.213 e. The summed E-state index contributed by atoms with van der Waals surface area (Å²) in [5, 5.41) is 3.32. The molecule has 0 aliphatic heterocycles. The number of benzene rings is 2. The molecule has 1 heterocycles. The van der Waals surface area contributed by atoms with Crippen molar-refractivity contribution in [1.82, 2.24) is 4.98 Å². The zero-order chi connectivity index (χ0) is 19.4. The number of hydrogen-bond acceptors (Lipinski definition) is 3. The van der Waals surface area contributed by atoms with Gasteiger partial charge in [0.2, 0.25) is 5.95 Å². The molecular weight excluding hydrogens is 407 g/mol. The number of pyridine rings is 1. The quantitative estimate of drug-likeness (QED) is 0.327. The molecule has 0 spiro atoms. The average Bonchev–Trinajstić information content (AvgIpc) is 2.64. The van der Waals surface area contributed by atoms with Gasteiger partial charge in [-0.25, -0.2) is 4.98 Å². The van der Waals surface area contributed by atoms with E-state index in [-0.39, 0.29) is 5.92 Å². The van der Waals surface area contributed by atoms with Crippen LogP contribution in [0, 0.1) is 24.7 Å². The Labute approximate surface area is 166 Å². The van der Waals surface area contributed by atoms with Crippen molar-refractivity contribution in [1.29, 1.82) is 0 Å². The van der Waals surface area contributed by atoms with Crippen LogP contribution in [0.15, 0.2) is 70.3 Å². The second kappa shape index (κ2) is 8.53. The van der Waals surface area contributed by atoms with Crippen LogP contribution in [-0.4, -0.2) is 4.98 Å². The molecule has 3 nitrogen and oxygen atoms in total. The number of aromatic nitrogens is 1. The summed E-state index contributed by atoms with van der Waals surface area (Å²) >= 11 is 3.47. The standard InChI is InChI=1S/C22H20BrFN2O/c1-14-5-3-4-6-19(14)20(16-7-9-18(23)10-8-16)13-21(26-27)17-11-15(2)25-22(24)12-17/h3-12,20-21H,13H2,1-2H3. The van der Waals surface area contributed by atoms with Crippen molar-refractivity contribution < 1.29 is 4.39 Å². The molecule has 27 heavy (non-hydrogen) atoms. The van der Waals surface area contributed by atoms with E-state index in [1.807, 2.05) is 36.4 Å². The third-order valence-electron chi connectivity index (χ3n) is 4.75. The average molecular weight is 427 g/mol. The molecular formula is C22H20BrFN2O. The van der Waals surface area contributed by atoms with Gasteiger partial charge in [0.15, 0.2) is 0 Å². The highest BCUT2D eigenvalue weighted by atomic mass is 79.9. The van der Waals surface area contributed by atoms with Crippen LogP contribution >= 0.6 is 15.9 Å². The van der Waals surface area contributed by atoms with Crippen molar-refractivity contribution in [3.8, 4) is 0 Å². The van der Waals surface area contributed by atoms with Crippen molar-refractivity contribution in [2.45, 2.75) is 32.2 Å². The minimum Gasteiger partial charge on any atom is -0.225 e. The first kappa shape index (κ1) is 19.4. The molecule has 0 fully saturated rings. The van der Waals surface area contributed by atoms with Crippen LogP contribution in [-0.2, 0) is 0 Å². The van der Waals surface area contributed by atoms with Crippen molar-refractivity contribution in [3.05, 3.63) is 104 Å². The van der Waals surface area contributed by atoms with Gasteiger partial charge in [-0.2, -0.15) is 9.30 Å². The van der Waals surface area contributed by atoms with Crippen LogP contribution < -0.4 is 0 Å². The minimum absolute atomic E-state index is 0.0291. The van der Waals surface area contributed by atoms with Gasteiger partial charge in [0.25, 0.3) is 0 Å². The topological polar surface area (TPSA) is 42.3 Å². The lowest BCUT2D eigenvalue weighted by Crippen LogP contribution is -2.09. The Morgan fingerprint density at radius 2 is 1.74 bits per heavy atom. The van der Waals surface area contributed by atoms with E-state index in [9.17, 15) is 9.30 Å². The largest absolute Gasteiger partial charge is 0.225 e. The van der Waals surface area contributed by atoms with Crippen LogP contribution in [0.3, 0.4) is 0 Å². The molecule has 3 rings (SSSR count). The number of nitrogens with zero attached hydrogens (tertiary/aromatic N) is 2. The predicted octanol–water partition coefficient (Wildman–Crippen LogP) is 6.63. The van der Waals surface area contributed by atoms with Gasteiger partial charge in [0, 0.05) is 16.1 Å². The first-order chi connectivity index (χ1) is 13.0. The van der Waals surface area contributed by atoms with E-state index in [0.717, 1.165) is 21.2 Å². The van der Waals surface area contributed by atoms with Gasteiger partial charge in [-0.15, -0.1) is 0 Å². The molecule has 0 saturated carbocycles. The highest BCUT2D eigenvalue weighted by molar-refractivity contribution is 9.10. The van der Waals surface area contributed by atoms with E-state index in [1.165, 1.54) is 6.07 Å². The minimum atomic E-state index is -0.658. The van der Waals surface area contributed by atoms with Crippen molar-refractivity contribution in [3.63, 3.8) is 0 Å². The summed E-state index contributed by atoms with van der Waals surface area (Å²) in [6.45, 7) is 3.77. The van der Waals surface area contributed by atoms with Gasteiger partial charge < -0.3 is 0 Å². The van der Waals surface area contributed by atoms with Crippen molar-refractivity contribution in [2.75, 3.05) is 0 Å². The van der Waals surface area contributed by atoms with E-state index in [0.29, 0.717) is 17.7 Å². The van der Waals surface area contributed by atoms with E-state index in [2.05, 4.69) is 45.1 Å². The van der Waals surface area contributed by atoms with E-state index in [1.54, 1.807) is 13.0 Å². The van der Waals surface area contributed by atoms with Gasteiger partial charge in [-0.1, -0.05) is 57.5 Å². The Balaban J connectivity index is 2.03. The molecule has 0 aliphatic rings. The fourth-order valence-corrected chi connectivity index (χ4v) is 3.69. The van der Waals surface area contributed by atoms with Gasteiger partial charge in [0.05, 0.1) is 0 Å². The Bertz CT molecular complexity index is 923. The van der Waals surface area contributed by atoms with Crippen molar-refractivity contribution in [2.24, 2.45) is 5.18 Å². The molecule has 0 radical (unpaired) electrons. The second-order valence-corrected chi connectivity index (χ2v) is 7.60.